The molecular formula is C18H26N4OS. The Kier molecular flexibility index (Phi) is 5.71. The second-order valence-corrected chi connectivity index (χ2v) is 7.27. The molecule has 3 rings (SSSR count). The van der Waals surface area contributed by atoms with E-state index >= 15 is 0 Å². The lowest BCUT2D eigenvalue weighted by atomic mass is 10.1. The highest BCUT2D eigenvalue weighted by Gasteiger charge is 2.15. The van der Waals surface area contributed by atoms with Gasteiger partial charge >= 0.3 is 0 Å². The fraction of sp³-hybridized carbons (Fsp3) is 0.500. The van der Waals surface area contributed by atoms with Crippen LogP contribution in [0.5, 0.6) is 5.75 Å². The lowest BCUT2D eigenvalue weighted by Gasteiger charge is -2.32. The third kappa shape index (κ3) is 4.26. The molecule has 6 heteroatoms. The Hall–Kier alpha value is -1.63. The zero-order valence-corrected chi connectivity index (χ0v) is 15.5. The van der Waals surface area contributed by atoms with Crippen LogP contribution in [0.2, 0.25) is 0 Å². The summed E-state index contributed by atoms with van der Waals surface area (Å²) in [6.45, 7) is 8.37. The highest BCUT2D eigenvalue weighted by molar-refractivity contribution is 7.09. The summed E-state index contributed by atoms with van der Waals surface area (Å²) in [7, 11) is 3.91. The van der Waals surface area contributed by atoms with Crippen molar-refractivity contribution in [2.75, 3.05) is 45.7 Å². The predicted molar refractivity (Wildman–Crippen MR) is 99.9 cm³/mol. The number of benzene rings is 1. The van der Waals surface area contributed by atoms with Crippen LogP contribution in [-0.2, 0) is 13.1 Å². The zero-order chi connectivity index (χ0) is 16.9. The van der Waals surface area contributed by atoms with E-state index in [1.165, 1.54) is 10.4 Å². The maximum absolute atomic E-state index is 5.51. The summed E-state index contributed by atoms with van der Waals surface area (Å²) in [4.78, 5) is 10.5. The van der Waals surface area contributed by atoms with Gasteiger partial charge < -0.3 is 15.0 Å². The zero-order valence-electron chi connectivity index (χ0n) is 14.7. The van der Waals surface area contributed by atoms with Crippen LogP contribution in [0.25, 0.3) is 0 Å². The predicted octanol–water partition coefficient (Wildman–Crippen LogP) is 2.82. The van der Waals surface area contributed by atoms with Gasteiger partial charge in [-0.2, -0.15) is 0 Å². The fourth-order valence-electron chi connectivity index (χ4n) is 2.93. The molecule has 1 aromatic heterocycles. The van der Waals surface area contributed by atoms with Gasteiger partial charge in [0.1, 0.15) is 5.75 Å². The normalized spacial score (nSPS) is 16.3. The number of methoxy groups -OCH3 is 1. The van der Waals surface area contributed by atoms with E-state index in [0.29, 0.717) is 0 Å². The van der Waals surface area contributed by atoms with Crippen LogP contribution in [-0.4, -0.2) is 55.1 Å². The average Bonchev–Trinajstić information content (AvgIpc) is 3.00. The summed E-state index contributed by atoms with van der Waals surface area (Å²) in [5, 5.41) is 3.51. The van der Waals surface area contributed by atoms with Crippen LogP contribution in [0.1, 0.15) is 16.1 Å². The minimum absolute atomic E-state index is 0.783. The van der Waals surface area contributed by atoms with Crippen molar-refractivity contribution in [3.05, 3.63) is 39.8 Å². The van der Waals surface area contributed by atoms with Gasteiger partial charge in [0.05, 0.1) is 30.5 Å². The van der Waals surface area contributed by atoms with Gasteiger partial charge in [0.25, 0.3) is 0 Å². The summed E-state index contributed by atoms with van der Waals surface area (Å²) >= 11 is 1.69. The van der Waals surface area contributed by atoms with E-state index in [4.69, 9.17) is 4.74 Å². The van der Waals surface area contributed by atoms with Crippen LogP contribution in [0.4, 0.5) is 5.69 Å². The molecule has 0 saturated carbocycles. The Bertz CT molecular complexity index is 665. The highest BCUT2D eigenvalue weighted by Crippen LogP contribution is 2.27. The number of piperazine rings is 1. The number of thiazole rings is 1. The van der Waals surface area contributed by atoms with Gasteiger partial charge in [0.15, 0.2) is 0 Å². The molecule has 0 aliphatic carbocycles. The van der Waals surface area contributed by atoms with E-state index in [9.17, 15) is 0 Å². The molecule has 24 heavy (non-hydrogen) atoms. The van der Waals surface area contributed by atoms with Crippen LogP contribution >= 0.6 is 11.3 Å². The van der Waals surface area contributed by atoms with Gasteiger partial charge in [-0.15, -0.1) is 11.3 Å². The Morgan fingerprint density at radius 1 is 1.25 bits per heavy atom. The van der Waals surface area contributed by atoms with Gasteiger partial charge in [0, 0.05) is 37.6 Å². The maximum atomic E-state index is 5.51. The van der Waals surface area contributed by atoms with Crippen molar-refractivity contribution in [3.8, 4) is 5.75 Å². The minimum atomic E-state index is 0.783. The van der Waals surface area contributed by atoms with E-state index in [1.54, 1.807) is 18.4 Å². The monoisotopic (exact) mass is 346 g/mol. The Morgan fingerprint density at radius 3 is 2.71 bits per heavy atom. The lowest BCUT2D eigenvalue weighted by Crippen LogP contribution is -2.43. The Morgan fingerprint density at radius 2 is 2.04 bits per heavy atom. The SMILES string of the molecule is COc1ccc(CN2CCN(C)CC2)cc1NCc1scnc1C. The lowest BCUT2D eigenvalue weighted by molar-refractivity contribution is 0.148. The third-order valence-electron chi connectivity index (χ3n) is 4.55. The first-order valence-electron chi connectivity index (χ1n) is 8.36. The van der Waals surface area contributed by atoms with E-state index < -0.39 is 0 Å². The molecule has 1 aromatic carbocycles. The largest absolute Gasteiger partial charge is 0.495 e. The molecule has 130 valence electrons. The summed E-state index contributed by atoms with van der Waals surface area (Å²) in [6.07, 6.45) is 0. The van der Waals surface area contributed by atoms with Crippen LogP contribution in [0.3, 0.4) is 0 Å². The maximum Gasteiger partial charge on any atom is 0.141 e. The molecule has 2 heterocycles. The molecule has 1 aliphatic heterocycles. The second-order valence-electron chi connectivity index (χ2n) is 6.33. The molecule has 0 amide bonds. The van der Waals surface area contributed by atoms with Crippen molar-refractivity contribution in [1.29, 1.82) is 0 Å². The second kappa shape index (κ2) is 7.96. The standard InChI is InChI=1S/C18H26N4OS/c1-14-18(24-13-20-14)11-19-16-10-15(4-5-17(16)23-3)12-22-8-6-21(2)7-9-22/h4-5,10,13,19H,6-9,11-12H2,1-3H3. The van der Waals surface area contributed by atoms with Crippen LogP contribution in [0, 0.1) is 6.92 Å². The van der Waals surface area contributed by atoms with Gasteiger partial charge in [0.2, 0.25) is 0 Å². The number of hydrogen-bond acceptors (Lipinski definition) is 6. The number of likely N-dealkylation sites (N-methyl/N-ethyl adjacent to an activating group) is 1. The molecule has 1 aliphatic rings. The van der Waals surface area contributed by atoms with Gasteiger partial charge in [-0.05, 0) is 31.7 Å². The topological polar surface area (TPSA) is 40.6 Å². The molecule has 0 radical (unpaired) electrons. The van der Waals surface area contributed by atoms with Crippen molar-refractivity contribution < 1.29 is 4.74 Å². The molecule has 5 nitrogen and oxygen atoms in total. The summed E-state index contributed by atoms with van der Waals surface area (Å²) in [6, 6.07) is 6.45. The highest BCUT2D eigenvalue weighted by atomic mass is 32.1. The molecule has 1 saturated heterocycles. The fourth-order valence-corrected chi connectivity index (χ4v) is 3.64. The van der Waals surface area contributed by atoms with E-state index in [-0.39, 0.29) is 0 Å². The number of anilines is 1. The number of rotatable bonds is 6. The number of nitrogens with zero attached hydrogens (tertiary/aromatic N) is 3. The van der Waals surface area contributed by atoms with Gasteiger partial charge in [-0.3, -0.25) is 4.90 Å². The Labute approximate surface area is 148 Å². The van der Waals surface area contributed by atoms with Crippen molar-refractivity contribution in [1.82, 2.24) is 14.8 Å². The number of hydrogen-bond donors (Lipinski definition) is 1. The molecule has 2 aromatic rings. The first-order chi connectivity index (χ1) is 11.7. The van der Waals surface area contributed by atoms with Crippen molar-refractivity contribution >= 4 is 17.0 Å². The smallest absolute Gasteiger partial charge is 0.141 e. The Balaban J connectivity index is 1.67. The molecule has 1 fully saturated rings. The first-order valence-corrected chi connectivity index (χ1v) is 9.24. The van der Waals surface area contributed by atoms with Gasteiger partial charge in [-0.25, -0.2) is 4.98 Å². The van der Waals surface area contributed by atoms with Crippen molar-refractivity contribution in [2.45, 2.75) is 20.0 Å². The number of aromatic nitrogens is 1. The molecule has 0 spiro atoms. The molecule has 0 bridgehead atoms. The quantitative estimate of drug-likeness (QED) is 0.871. The first kappa shape index (κ1) is 17.2. The number of aryl methyl sites for hydroxylation is 1. The molecule has 1 N–H and O–H groups in total. The van der Waals surface area contributed by atoms with E-state index in [0.717, 1.165) is 56.4 Å². The molecular weight excluding hydrogens is 320 g/mol. The molecule has 0 atom stereocenters. The number of ether oxygens (including phenoxy) is 1. The number of nitrogens with one attached hydrogen (secondary N) is 1. The average molecular weight is 347 g/mol. The van der Waals surface area contributed by atoms with Crippen molar-refractivity contribution in [2.24, 2.45) is 0 Å². The van der Waals surface area contributed by atoms with E-state index in [2.05, 4.69) is 52.3 Å². The third-order valence-corrected chi connectivity index (χ3v) is 5.49. The van der Waals surface area contributed by atoms with Crippen molar-refractivity contribution in [3.63, 3.8) is 0 Å². The molecule has 0 unspecified atom stereocenters. The summed E-state index contributed by atoms with van der Waals surface area (Å²) in [5.74, 6) is 0.888. The minimum Gasteiger partial charge on any atom is -0.495 e. The van der Waals surface area contributed by atoms with Gasteiger partial charge in [-0.1, -0.05) is 6.07 Å². The van der Waals surface area contributed by atoms with E-state index in [1.807, 2.05) is 5.51 Å². The van der Waals surface area contributed by atoms with Crippen LogP contribution < -0.4 is 10.1 Å². The summed E-state index contributed by atoms with van der Waals surface area (Å²) < 4.78 is 5.51. The van der Waals surface area contributed by atoms with Crippen LogP contribution in [0.15, 0.2) is 23.7 Å². The summed E-state index contributed by atoms with van der Waals surface area (Å²) in [5.41, 5.74) is 5.37.